The summed E-state index contributed by atoms with van der Waals surface area (Å²) in [7, 11) is 3.50. The Hall–Kier alpha value is -2.32. The Labute approximate surface area is 112 Å². The third-order valence-electron chi connectivity index (χ3n) is 2.60. The van der Waals surface area contributed by atoms with E-state index in [-0.39, 0.29) is 0 Å². The summed E-state index contributed by atoms with van der Waals surface area (Å²) in [6.45, 7) is 1.25. The van der Waals surface area contributed by atoms with E-state index in [1.165, 1.54) is 6.08 Å². The van der Waals surface area contributed by atoms with Crippen LogP contribution < -0.4 is 4.90 Å². The highest BCUT2D eigenvalue weighted by atomic mass is 16.5. The van der Waals surface area contributed by atoms with Gasteiger partial charge in [-0.05, 0) is 23.8 Å². The molecule has 0 aliphatic carbocycles. The Kier molecular flexibility index (Phi) is 5.58. The molecule has 0 aliphatic rings. The number of carbonyl (C=O) groups is 1. The highest BCUT2D eigenvalue weighted by Crippen LogP contribution is 2.21. The zero-order valence-corrected chi connectivity index (χ0v) is 11.0. The molecular weight excluding hydrogens is 244 g/mol. The second-order valence-electron chi connectivity index (χ2n) is 3.97. The summed E-state index contributed by atoms with van der Waals surface area (Å²) < 4.78 is 5.00. The molecule has 5 nitrogen and oxygen atoms in total. The van der Waals surface area contributed by atoms with Crippen LogP contribution in [0.4, 0.5) is 5.69 Å². The van der Waals surface area contributed by atoms with Crippen molar-refractivity contribution >= 4 is 17.7 Å². The fraction of sp³-hybridized carbons (Fsp3) is 0.286. The number of carboxylic acids is 1. The largest absolute Gasteiger partial charge is 0.478 e. The maximum atomic E-state index is 10.4. The van der Waals surface area contributed by atoms with Crippen LogP contribution in [0.15, 0.2) is 24.3 Å². The van der Waals surface area contributed by atoms with Crippen molar-refractivity contribution in [2.24, 2.45) is 0 Å². The third-order valence-corrected chi connectivity index (χ3v) is 2.60. The third kappa shape index (κ3) is 4.45. The number of carboxylic acid groups (broad SMARTS) is 1. The van der Waals surface area contributed by atoms with Crippen LogP contribution in [0.1, 0.15) is 11.1 Å². The molecule has 1 rings (SSSR count). The number of methoxy groups -OCH3 is 1. The van der Waals surface area contributed by atoms with Crippen molar-refractivity contribution in [1.29, 1.82) is 5.26 Å². The Bertz CT molecular complexity index is 518. The zero-order valence-electron chi connectivity index (χ0n) is 11.0. The summed E-state index contributed by atoms with van der Waals surface area (Å²) in [6.07, 6.45) is 2.51. The topological polar surface area (TPSA) is 73.6 Å². The van der Waals surface area contributed by atoms with Crippen LogP contribution in [0.3, 0.4) is 0 Å². The highest BCUT2D eigenvalue weighted by Gasteiger charge is 2.07. The average Bonchev–Trinajstić information content (AvgIpc) is 2.42. The number of ether oxygens (including phenoxy) is 1. The van der Waals surface area contributed by atoms with E-state index in [0.29, 0.717) is 24.3 Å². The second kappa shape index (κ2) is 7.19. The lowest BCUT2D eigenvalue weighted by Crippen LogP contribution is -2.22. The maximum absolute atomic E-state index is 10.4. The number of hydrogen-bond acceptors (Lipinski definition) is 4. The van der Waals surface area contributed by atoms with Crippen molar-refractivity contribution in [3.05, 3.63) is 35.4 Å². The summed E-state index contributed by atoms with van der Waals surface area (Å²) in [5.41, 5.74) is 1.99. The zero-order chi connectivity index (χ0) is 14.3. The Morgan fingerprint density at radius 1 is 1.58 bits per heavy atom. The fourth-order valence-electron chi connectivity index (χ4n) is 1.60. The monoisotopic (exact) mass is 260 g/mol. The van der Waals surface area contributed by atoms with Crippen LogP contribution in [0.25, 0.3) is 6.08 Å². The van der Waals surface area contributed by atoms with E-state index in [1.54, 1.807) is 25.3 Å². The smallest absolute Gasteiger partial charge is 0.328 e. The minimum absolute atomic E-state index is 0.506. The molecule has 0 aliphatic heterocycles. The summed E-state index contributed by atoms with van der Waals surface area (Å²) in [5.74, 6) is -1.01. The van der Waals surface area contributed by atoms with E-state index >= 15 is 0 Å². The van der Waals surface area contributed by atoms with Crippen LogP contribution in [0, 0.1) is 11.3 Å². The molecule has 5 heteroatoms. The Balaban J connectivity index is 2.97. The number of nitrogens with zero attached hydrogens (tertiary/aromatic N) is 2. The Morgan fingerprint density at radius 3 is 2.89 bits per heavy atom. The minimum atomic E-state index is -1.01. The molecule has 0 aromatic heterocycles. The Morgan fingerprint density at radius 2 is 2.32 bits per heavy atom. The van der Waals surface area contributed by atoms with E-state index in [4.69, 9.17) is 15.1 Å². The van der Waals surface area contributed by atoms with E-state index in [2.05, 4.69) is 6.07 Å². The quantitative estimate of drug-likeness (QED) is 0.789. The standard InChI is InChI=1S/C14H16N2O3/c1-16(7-8-19-2)13-5-3-11(4-6-14(17)18)9-12(13)10-15/h3-6,9H,7-8H2,1-2H3,(H,17,18)/b6-4+. The second-order valence-corrected chi connectivity index (χ2v) is 3.97. The average molecular weight is 260 g/mol. The molecule has 1 N–H and O–H groups in total. The SMILES string of the molecule is COCCN(C)c1ccc(/C=C/C(=O)O)cc1C#N. The van der Waals surface area contributed by atoms with Gasteiger partial charge < -0.3 is 14.7 Å². The summed E-state index contributed by atoms with van der Waals surface area (Å²) in [6, 6.07) is 7.36. The van der Waals surface area contributed by atoms with Crippen LogP contribution in [-0.2, 0) is 9.53 Å². The maximum Gasteiger partial charge on any atom is 0.328 e. The molecule has 0 spiro atoms. The van der Waals surface area contributed by atoms with Gasteiger partial charge in [0, 0.05) is 26.8 Å². The number of anilines is 1. The summed E-state index contributed by atoms with van der Waals surface area (Å²) in [5, 5.41) is 17.7. The van der Waals surface area contributed by atoms with Gasteiger partial charge in [0.1, 0.15) is 6.07 Å². The lowest BCUT2D eigenvalue weighted by molar-refractivity contribution is -0.131. The van der Waals surface area contributed by atoms with Crippen molar-refractivity contribution < 1.29 is 14.6 Å². The van der Waals surface area contributed by atoms with Crippen molar-refractivity contribution in [2.45, 2.75) is 0 Å². The van der Waals surface area contributed by atoms with E-state index < -0.39 is 5.97 Å². The van der Waals surface area contributed by atoms with Crippen LogP contribution >= 0.6 is 0 Å². The van der Waals surface area contributed by atoms with Gasteiger partial charge in [0.05, 0.1) is 17.9 Å². The van der Waals surface area contributed by atoms with Gasteiger partial charge in [0.2, 0.25) is 0 Å². The van der Waals surface area contributed by atoms with Crippen molar-refractivity contribution in [3.63, 3.8) is 0 Å². The molecule has 0 atom stereocenters. The van der Waals surface area contributed by atoms with Gasteiger partial charge in [-0.1, -0.05) is 6.07 Å². The first-order chi connectivity index (χ1) is 9.08. The number of hydrogen-bond donors (Lipinski definition) is 1. The van der Waals surface area contributed by atoms with Crippen LogP contribution in [-0.4, -0.2) is 38.4 Å². The number of likely N-dealkylation sites (N-methyl/N-ethyl adjacent to an activating group) is 1. The van der Waals surface area contributed by atoms with Gasteiger partial charge in [-0.15, -0.1) is 0 Å². The van der Waals surface area contributed by atoms with Crippen molar-refractivity contribution in [3.8, 4) is 6.07 Å². The van der Waals surface area contributed by atoms with Gasteiger partial charge in [-0.2, -0.15) is 5.26 Å². The van der Waals surface area contributed by atoms with Gasteiger partial charge >= 0.3 is 5.97 Å². The molecule has 100 valence electrons. The molecule has 0 amide bonds. The summed E-state index contributed by atoms with van der Waals surface area (Å²) in [4.78, 5) is 12.4. The van der Waals surface area contributed by atoms with E-state index in [1.807, 2.05) is 11.9 Å². The summed E-state index contributed by atoms with van der Waals surface area (Å²) >= 11 is 0. The fourth-order valence-corrected chi connectivity index (χ4v) is 1.60. The first kappa shape index (κ1) is 14.7. The van der Waals surface area contributed by atoms with Gasteiger partial charge in [-0.3, -0.25) is 0 Å². The number of nitriles is 1. The molecule has 1 aromatic rings. The van der Waals surface area contributed by atoms with Gasteiger partial charge in [-0.25, -0.2) is 4.79 Å². The van der Waals surface area contributed by atoms with Gasteiger partial charge in [0.25, 0.3) is 0 Å². The van der Waals surface area contributed by atoms with E-state index in [9.17, 15) is 4.79 Å². The first-order valence-corrected chi connectivity index (χ1v) is 5.73. The molecule has 0 unspecified atom stereocenters. The van der Waals surface area contributed by atoms with Crippen molar-refractivity contribution in [2.75, 3.05) is 32.2 Å². The van der Waals surface area contributed by atoms with Gasteiger partial charge in [0.15, 0.2) is 0 Å². The predicted octanol–water partition coefficient (Wildman–Crippen LogP) is 1.74. The normalized spacial score (nSPS) is 10.4. The first-order valence-electron chi connectivity index (χ1n) is 5.73. The van der Waals surface area contributed by atoms with Crippen molar-refractivity contribution in [1.82, 2.24) is 0 Å². The molecule has 0 saturated heterocycles. The molecule has 1 aromatic carbocycles. The molecule has 0 heterocycles. The lowest BCUT2D eigenvalue weighted by Gasteiger charge is -2.20. The number of aliphatic carboxylic acids is 1. The molecular formula is C14H16N2O3. The number of benzene rings is 1. The molecule has 0 bridgehead atoms. The molecule has 0 radical (unpaired) electrons. The highest BCUT2D eigenvalue weighted by molar-refractivity contribution is 5.85. The minimum Gasteiger partial charge on any atom is -0.478 e. The molecule has 0 saturated carbocycles. The predicted molar refractivity (Wildman–Crippen MR) is 73.0 cm³/mol. The van der Waals surface area contributed by atoms with E-state index in [0.717, 1.165) is 11.8 Å². The van der Waals surface area contributed by atoms with Crippen LogP contribution in [0.2, 0.25) is 0 Å². The lowest BCUT2D eigenvalue weighted by atomic mass is 10.1. The molecule has 0 fully saturated rings. The van der Waals surface area contributed by atoms with Crippen LogP contribution in [0.5, 0.6) is 0 Å². The number of rotatable bonds is 6. The molecule has 19 heavy (non-hydrogen) atoms.